The first-order valence-electron chi connectivity index (χ1n) is 6.89. The van der Waals surface area contributed by atoms with Gasteiger partial charge in [-0.15, -0.1) is 0 Å². The number of hydrazine groups is 1. The van der Waals surface area contributed by atoms with Crippen LogP contribution in [0.2, 0.25) is 0 Å². The van der Waals surface area contributed by atoms with Crippen molar-refractivity contribution in [3.05, 3.63) is 59.8 Å². The third-order valence-electron chi connectivity index (χ3n) is 3.22. The molecule has 2 aromatic rings. The van der Waals surface area contributed by atoms with Crippen LogP contribution in [0.1, 0.15) is 5.56 Å². The van der Waals surface area contributed by atoms with E-state index in [0.29, 0.717) is 11.3 Å². The van der Waals surface area contributed by atoms with E-state index in [4.69, 9.17) is 16.8 Å². The van der Waals surface area contributed by atoms with Crippen LogP contribution in [-0.2, 0) is 10.0 Å². The van der Waals surface area contributed by atoms with Crippen LogP contribution >= 0.6 is 0 Å². The summed E-state index contributed by atoms with van der Waals surface area (Å²) < 4.78 is 24.9. The van der Waals surface area contributed by atoms with Gasteiger partial charge >= 0.3 is 0 Å². The SMILES string of the molecule is CS(=O)(=O)Nc1ccc(-c2cccc(/C(N)=C(\C#N)NN)c2)cc1. The molecule has 2 aromatic carbocycles. The fourth-order valence-corrected chi connectivity index (χ4v) is 2.69. The lowest BCUT2D eigenvalue weighted by Crippen LogP contribution is -2.23. The average Bonchev–Trinajstić information content (AvgIpc) is 2.55. The number of sulfonamides is 1. The minimum Gasteiger partial charge on any atom is -0.396 e. The monoisotopic (exact) mass is 343 g/mol. The summed E-state index contributed by atoms with van der Waals surface area (Å²) in [5, 5.41) is 8.98. The van der Waals surface area contributed by atoms with Crippen molar-refractivity contribution in [1.29, 1.82) is 5.26 Å². The molecule has 0 saturated carbocycles. The molecule has 0 heterocycles. The van der Waals surface area contributed by atoms with E-state index in [-0.39, 0.29) is 11.4 Å². The van der Waals surface area contributed by atoms with Gasteiger partial charge in [-0.3, -0.25) is 4.72 Å². The normalized spacial score (nSPS) is 12.0. The summed E-state index contributed by atoms with van der Waals surface area (Å²) in [6.45, 7) is 0. The number of nitriles is 1. The highest BCUT2D eigenvalue weighted by Crippen LogP contribution is 2.24. The Kier molecular flexibility index (Phi) is 5.08. The molecule has 8 heteroatoms. The highest BCUT2D eigenvalue weighted by atomic mass is 32.2. The van der Waals surface area contributed by atoms with Crippen LogP contribution in [0.15, 0.2) is 54.2 Å². The maximum Gasteiger partial charge on any atom is 0.229 e. The zero-order valence-electron chi connectivity index (χ0n) is 12.9. The van der Waals surface area contributed by atoms with Crippen LogP contribution in [0.3, 0.4) is 0 Å². The van der Waals surface area contributed by atoms with Crippen LogP contribution in [0.5, 0.6) is 0 Å². The van der Waals surface area contributed by atoms with Gasteiger partial charge in [-0.2, -0.15) is 5.26 Å². The van der Waals surface area contributed by atoms with Crippen molar-refractivity contribution in [3.63, 3.8) is 0 Å². The quantitative estimate of drug-likeness (QED) is 0.368. The lowest BCUT2D eigenvalue weighted by molar-refractivity contribution is 0.607. The van der Waals surface area contributed by atoms with Gasteiger partial charge in [0.05, 0.1) is 12.0 Å². The van der Waals surface area contributed by atoms with E-state index in [2.05, 4.69) is 10.1 Å². The fraction of sp³-hybridized carbons (Fsp3) is 0.0625. The summed E-state index contributed by atoms with van der Waals surface area (Å²) in [7, 11) is -3.31. The van der Waals surface area contributed by atoms with Crippen molar-refractivity contribution in [2.24, 2.45) is 11.6 Å². The van der Waals surface area contributed by atoms with E-state index in [9.17, 15) is 8.42 Å². The molecular weight excluding hydrogens is 326 g/mol. The van der Waals surface area contributed by atoms with Crippen LogP contribution in [-0.4, -0.2) is 14.7 Å². The Morgan fingerprint density at radius 2 is 1.79 bits per heavy atom. The van der Waals surface area contributed by atoms with Gasteiger partial charge in [-0.1, -0.05) is 30.3 Å². The maximum atomic E-state index is 11.2. The third kappa shape index (κ3) is 4.25. The zero-order valence-corrected chi connectivity index (χ0v) is 13.8. The molecule has 0 aliphatic carbocycles. The topological polar surface area (TPSA) is 134 Å². The summed E-state index contributed by atoms with van der Waals surface area (Å²) in [6.07, 6.45) is 1.09. The predicted molar refractivity (Wildman–Crippen MR) is 94.4 cm³/mol. The molecule has 0 bridgehead atoms. The van der Waals surface area contributed by atoms with E-state index in [1.807, 2.05) is 24.3 Å². The second-order valence-electron chi connectivity index (χ2n) is 5.08. The smallest absolute Gasteiger partial charge is 0.229 e. The number of hydrogen-bond acceptors (Lipinski definition) is 6. The molecule has 2 rings (SSSR count). The summed E-state index contributed by atoms with van der Waals surface area (Å²) in [5.41, 5.74) is 11.4. The lowest BCUT2D eigenvalue weighted by Gasteiger charge is -2.09. The van der Waals surface area contributed by atoms with Crippen molar-refractivity contribution in [2.45, 2.75) is 0 Å². The standard InChI is InChI=1S/C16H17N5O2S/c1-24(22,23)21-14-7-5-11(6-8-14)12-3-2-4-13(9-12)16(18)15(10-17)20-19/h2-9,20-21H,18-19H2,1H3/b16-15-. The Hall–Kier alpha value is -3.02. The second kappa shape index (κ2) is 7.04. The molecule has 0 saturated heterocycles. The maximum absolute atomic E-state index is 11.2. The second-order valence-corrected chi connectivity index (χ2v) is 6.83. The first-order valence-corrected chi connectivity index (χ1v) is 8.78. The number of rotatable bonds is 5. The van der Waals surface area contributed by atoms with Gasteiger partial charge in [0.15, 0.2) is 5.70 Å². The van der Waals surface area contributed by atoms with E-state index < -0.39 is 10.0 Å². The number of anilines is 1. The van der Waals surface area contributed by atoms with Gasteiger partial charge < -0.3 is 11.2 Å². The van der Waals surface area contributed by atoms with Gasteiger partial charge in [-0.05, 0) is 29.3 Å². The molecule has 6 N–H and O–H groups in total. The van der Waals surface area contributed by atoms with E-state index >= 15 is 0 Å². The van der Waals surface area contributed by atoms with Crippen LogP contribution < -0.4 is 21.7 Å². The molecule has 0 aliphatic rings. The van der Waals surface area contributed by atoms with Crippen LogP contribution in [0, 0.1) is 11.3 Å². The Balaban J connectivity index is 2.36. The van der Waals surface area contributed by atoms with Gasteiger partial charge in [-0.25, -0.2) is 14.3 Å². The first-order chi connectivity index (χ1) is 11.3. The minimum atomic E-state index is -3.31. The molecule has 0 unspecified atom stereocenters. The number of nitrogens with one attached hydrogen (secondary N) is 2. The summed E-state index contributed by atoms with van der Waals surface area (Å²) >= 11 is 0. The van der Waals surface area contributed by atoms with Gasteiger partial charge in [0, 0.05) is 11.3 Å². The van der Waals surface area contributed by atoms with Crippen LogP contribution in [0.25, 0.3) is 16.8 Å². The highest BCUT2D eigenvalue weighted by Gasteiger charge is 2.07. The van der Waals surface area contributed by atoms with Gasteiger partial charge in [0.1, 0.15) is 6.07 Å². The van der Waals surface area contributed by atoms with Gasteiger partial charge in [0.25, 0.3) is 0 Å². The molecule has 124 valence electrons. The van der Waals surface area contributed by atoms with Crippen molar-refractivity contribution < 1.29 is 8.42 Å². The molecule has 0 amide bonds. The molecule has 7 nitrogen and oxygen atoms in total. The largest absolute Gasteiger partial charge is 0.396 e. The Morgan fingerprint density at radius 1 is 1.12 bits per heavy atom. The van der Waals surface area contributed by atoms with Crippen LogP contribution in [0.4, 0.5) is 5.69 Å². The minimum absolute atomic E-state index is 0.0832. The Labute approximate surface area is 140 Å². The summed E-state index contributed by atoms with van der Waals surface area (Å²) in [4.78, 5) is 0. The summed E-state index contributed by atoms with van der Waals surface area (Å²) in [6, 6.07) is 16.1. The number of benzene rings is 2. The summed E-state index contributed by atoms with van der Waals surface area (Å²) in [5.74, 6) is 5.27. The Morgan fingerprint density at radius 3 is 2.33 bits per heavy atom. The Bertz CT molecular complexity index is 912. The lowest BCUT2D eigenvalue weighted by atomic mass is 10.0. The molecule has 0 aromatic heterocycles. The number of nitrogens with zero attached hydrogens (tertiary/aromatic N) is 1. The van der Waals surface area contributed by atoms with E-state index in [1.165, 1.54) is 0 Å². The van der Waals surface area contributed by atoms with Crippen molar-refractivity contribution in [1.82, 2.24) is 5.43 Å². The molecule has 0 atom stereocenters. The first kappa shape index (κ1) is 17.3. The number of hydrogen-bond donors (Lipinski definition) is 4. The fourth-order valence-electron chi connectivity index (χ4n) is 2.13. The van der Waals surface area contributed by atoms with Crippen molar-refractivity contribution in [3.8, 4) is 17.2 Å². The highest BCUT2D eigenvalue weighted by molar-refractivity contribution is 7.92. The number of nitrogens with two attached hydrogens (primary N) is 2. The molecule has 0 fully saturated rings. The van der Waals surface area contributed by atoms with E-state index in [1.54, 1.807) is 30.3 Å². The van der Waals surface area contributed by atoms with Crippen molar-refractivity contribution in [2.75, 3.05) is 11.0 Å². The molecule has 0 radical (unpaired) electrons. The number of allylic oxidation sites excluding steroid dienone is 1. The third-order valence-corrected chi connectivity index (χ3v) is 3.83. The molecular formula is C16H17N5O2S. The van der Waals surface area contributed by atoms with E-state index in [0.717, 1.165) is 17.4 Å². The van der Waals surface area contributed by atoms with Gasteiger partial charge in [0.2, 0.25) is 10.0 Å². The predicted octanol–water partition coefficient (Wildman–Crippen LogP) is 1.34. The van der Waals surface area contributed by atoms with Crippen molar-refractivity contribution >= 4 is 21.4 Å². The molecule has 0 aliphatic heterocycles. The zero-order chi connectivity index (χ0) is 17.7. The molecule has 0 spiro atoms. The molecule has 24 heavy (non-hydrogen) atoms. The average molecular weight is 343 g/mol.